The highest BCUT2D eigenvalue weighted by atomic mass is 16.2. The van der Waals surface area contributed by atoms with Gasteiger partial charge in [-0.3, -0.25) is 9.69 Å². The number of piperidine rings is 1. The topological polar surface area (TPSA) is 67.2 Å². The first-order valence-corrected chi connectivity index (χ1v) is 13.6. The molecule has 2 aromatic carbocycles. The van der Waals surface area contributed by atoms with Crippen molar-refractivity contribution < 1.29 is 4.79 Å². The van der Waals surface area contributed by atoms with E-state index in [1.54, 1.807) is 4.90 Å². The molecule has 0 aliphatic carbocycles. The van der Waals surface area contributed by atoms with Crippen LogP contribution >= 0.6 is 0 Å². The summed E-state index contributed by atoms with van der Waals surface area (Å²) in [6.07, 6.45) is 6.62. The van der Waals surface area contributed by atoms with Crippen molar-refractivity contribution in [2.75, 3.05) is 25.0 Å². The van der Waals surface area contributed by atoms with Gasteiger partial charge in [0, 0.05) is 36.0 Å². The Bertz CT molecular complexity index is 1460. The number of carbonyl (C=O) groups excluding carboxylic acids is 1. The summed E-state index contributed by atoms with van der Waals surface area (Å²) in [5, 5.41) is 4.88. The van der Waals surface area contributed by atoms with Crippen LogP contribution in [0.4, 0.5) is 5.82 Å². The fourth-order valence-electron chi connectivity index (χ4n) is 5.67. The lowest BCUT2D eigenvalue weighted by molar-refractivity contribution is -0.117. The van der Waals surface area contributed by atoms with Crippen LogP contribution in [-0.4, -0.2) is 50.7 Å². The van der Waals surface area contributed by atoms with Crippen molar-refractivity contribution in [3.63, 3.8) is 0 Å². The standard InChI is InChI=1S/C31H34N6O/c1-21(2)26-8-4-5-9-27(26)30-32-18-24-17-29(38)36(31(24)33-30)19-22-10-12-25(13-11-22)37-16-14-28(34-37)23-7-6-15-35(3)20-23/h4-5,8-14,16,18,21,23H,6-7,15,17,19-20H2,1-3H3. The highest BCUT2D eigenvalue weighted by Gasteiger charge is 2.30. The normalized spacial score (nSPS) is 17.8. The number of anilines is 1. The molecule has 2 aliphatic heterocycles. The number of rotatable bonds is 6. The van der Waals surface area contributed by atoms with E-state index in [-0.39, 0.29) is 5.91 Å². The number of hydrogen-bond acceptors (Lipinski definition) is 5. The first-order chi connectivity index (χ1) is 18.5. The van der Waals surface area contributed by atoms with Gasteiger partial charge in [0.05, 0.1) is 24.3 Å². The van der Waals surface area contributed by atoms with Crippen molar-refractivity contribution >= 4 is 11.7 Å². The van der Waals surface area contributed by atoms with E-state index >= 15 is 0 Å². The number of likely N-dealkylation sites (tertiary alicyclic amines) is 1. The number of fused-ring (bicyclic) bond motifs is 1. The summed E-state index contributed by atoms with van der Waals surface area (Å²) in [6.45, 7) is 7.05. The van der Waals surface area contributed by atoms with Crippen molar-refractivity contribution in [1.29, 1.82) is 0 Å². The fraction of sp³-hybridized carbons (Fsp3) is 0.355. The van der Waals surface area contributed by atoms with E-state index in [1.165, 1.54) is 24.9 Å². The maximum Gasteiger partial charge on any atom is 0.233 e. The van der Waals surface area contributed by atoms with Gasteiger partial charge in [-0.1, -0.05) is 50.2 Å². The molecule has 6 rings (SSSR count). The smallest absolute Gasteiger partial charge is 0.233 e. The molecule has 7 heteroatoms. The molecule has 0 spiro atoms. The van der Waals surface area contributed by atoms with Gasteiger partial charge < -0.3 is 4.90 Å². The molecule has 1 amide bonds. The molecule has 1 fully saturated rings. The zero-order valence-electron chi connectivity index (χ0n) is 22.3. The van der Waals surface area contributed by atoms with Crippen LogP contribution in [0.5, 0.6) is 0 Å². The van der Waals surface area contributed by atoms with E-state index < -0.39 is 0 Å². The fourth-order valence-corrected chi connectivity index (χ4v) is 5.67. The Balaban J connectivity index is 1.21. The largest absolute Gasteiger partial charge is 0.306 e. The van der Waals surface area contributed by atoms with Crippen molar-refractivity contribution in [3.05, 3.63) is 89.4 Å². The summed E-state index contributed by atoms with van der Waals surface area (Å²) in [6, 6.07) is 18.7. The molecule has 0 bridgehead atoms. The molecule has 7 nitrogen and oxygen atoms in total. The third-order valence-electron chi connectivity index (χ3n) is 7.76. The number of benzene rings is 2. The van der Waals surface area contributed by atoms with Crippen molar-refractivity contribution in [2.45, 2.75) is 51.5 Å². The van der Waals surface area contributed by atoms with E-state index in [1.807, 2.05) is 29.2 Å². The second-order valence-corrected chi connectivity index (χ2v) is 10.9. The van der Waals surface area contributed by atoms with E-state index in [4.69, 9.17) is 10.1 Å². The minimum Gasteiger partial charge on any atom is -0.306 e. The summed E-state index contributed by atoms with van der Waals surface area (Å²) in [4.78, 5) is 26.7. The Labute approximate surface area is 224 Å². The molecule has 1 unspecified atom stereocenters. The second-order valence-electron chi connectivity index (χ2n) is 10.9. The highest BCUT2D eigenvalue weighted by Crippen LogP contribution is 2.33. The molecule has 38 heavy (non-hydrogen) atoms. The maximum absolute atomic E-state index is 13.0. The predicted octanol–water partition coefficient (Wildman–Crippen LogP) is 5.35. The lowest BCUT2D eigenvalue weighted by atomic mass is 9.95. The van der Waals surface area contributed by atoms with Crippen LogP contribution in [0.1, 0.15) is 60.9 Å². The maximum atomic E-state index is 13.0. The number of likely N-dealkylation sites (N-methyl/N-ethyl adjacent to an activating group) is 1. The Morgan fingerprint density at radius 1 is 1.05 bits per heavy atom. The summed E-state index contributed by atoms with van der Waals surface area (Å²) >= 11 is 0. The van der Waals surface area contributed by atoms with Gasteiger partial charge in [-0.05, 0) is 61.7 Å². The molecule has 2 aliphatic rings. The quantitative estimate of drug-likeness (QED) is 0.353. The van der Waals surface area contributed by atoms with Crippen LogP contribution in [0.3, 0.4) is 0 Å². The first kappa shape index (κ1) is 24.5. The molecule has 0 saturated carbocycles. The summed E-state index contributed by atoms with van der Waals surface area (Å²) in [5.41, 5.74) is 6.35. The highest BCUT2D eigenvalue weighted by molar-refractivity contribution is 6.00. The Morgan fingerprint density at radius 3 is 2.66 bits per heavy atom. The summed E-state index contributed by atoms with van der Waals surface area (Å²) in [5.74, 6) is 2.30. The van der Waals surface area contributed by atoms with Crippen LogP contribution in [0.25, 0.3) is 17.1 Å². The zero-order chi connectivity index (χ0) is 26.2. The molecule has 0 N–H and O–H groups in total. The van der Waals surface area contributed by atoms with E-state index in [9.17, 15) is 4.79 Å². The van der Waals surface area contributed by atoms with E-state index in [0.717, 1.165) is 40.4 Å². The molecule has 1 saturated heterocycles. The van der Waals surface area contributed by atoms with Crippen LogP contribution < -0.4 is 4.90 Å². The second kappa shape index (κ2) is 10.1. The lowest BCUT2D eigenvalue weighted by Gasteiger charge is -2.28. The van der Waals surface area contributed by atoms with Crippen LogP contribution in [0, 0.1) is 0 Å². The van der Waals surface area contributed by atoms with Crippen molar-refractivity contribution in [3.8, 4) is 17.1 Å². The Kier molecular flexibility index (Phi) is 6.54. The monoisotopic (exact) mass is 506 g/mol. The number of aromatic nitrogens is 4. The van der Waals surface area contributed by atoms with Crippen LogP contribution in [0.15, 0.2) is 67.0 Å². The average molecular weight is 507 g/mol. The zero-order valence-corrected chi connectivity index (χ0v) is 22.3. The third kappa shape index (κ3) is 4.74. The minimum atomic E-state index is 0.0573. The average Bonchev–Trinajstić information content (AvgIpc) is 3.54. The van der Waals surface area contributed by atoms with Gasteiger partial charge in [0.25, 0.3) is 0 Å². The molecule has 2 aromatic heterocycles. The van der Waals surface area contributed by atoms with E-state index in [0.29, 0.717) is 30.6 Å². The molecule has 0 radical (unpaired) electrons. The van der Waals surface area contributed by atoms with Gasteiger partial charge in [0.15, 0.2) is 5.82 Å². The molecular weight excluding hydrogens is 472 g/mol. The van der Waals surface area contributed by atoms with Gasteiger partial charge >= 0.3 is 0 Å². The van der Waals surface area contributed by atoms with Crippen molar-refractivity contribution in [2.24, 2.45) is 0 Å². The molecule has 4 heterocycles. The number of nitrogens with zero attached hydrogens (tertiary/aromatic N) is 6. The van der Waals surface area contributed by atoms with Crippen LogP contribution in [0.2, 0.25) is 0 Å². The predicted molar refractivity (Wildman–Crippen MR) is 149 cm³/mol. The molecular formula is C31H34N6O. The van der Waals surface area contributed by atoms with E-state index in [2.05, 4.69) is 73.2 Å². The van der Waals surface area contributed by atoms with Gasteiger partial charge in [-0.25, -0.2) is 14.6 Å². The third-order valence-corrected chi connectivity index (χ3v) is 7.76. The van der Waals surface area contributed by atoms with Gasteiger partial charge in [0.1, 0.15) is 5.82 Å². The molecule has 4 aromatic rings. The van der Waals surface area contributed by atoms with Crippen molar-refractivity contribution in [1.82, 2.24) is 24.6 Å². The van der Waals surface area contributed by atoms with Gasteiger partial charge in [0.2, 0.25) is 5.91 Å². The number of carbonyl (C=O) groups is 1. The van der Waals surface area contributed by atoms with Gasteiger partial charge in [-0.15, -0.1) is 0 Å². The van der Waals surface area contributed by atoms with Crippen LogP contribution in [-0.2, 0) is 17.8 Å². The Morgan fingerprint density at radius 2 is 1.87 bits per heavy atom. The lowest BCUT2D eigenvalue weighted by Crippen LogP contribution is -2.31. The SMILES string of the molecule is CC(C)c1ccccc1-c1ncc2c(n1)N(Cc1ccc(-n3ccc(C4CCCN(C)C4)n3)cc1)C(=O)C2. The minimum absolute atomic E-state index is 0.0573. The number of hydrogen-bond donors (Lipinski definition) is 0. The molecule has 1 atom stereocenters. The number of amides is 1. The summed E-state index contributed by atoms with van der Waals surface area (Å²) in [7, 11) is 2.18. The van der Waals surface area contributed by atoms with Gasteiger partial charge in [-0.2, -0.15) is 5.10 Å². The molecule has 194 valence electrons. The summed E-state index contributed by atoms with van der Waals surface area (Å²) < 4.78 is 1.95. The first-order valence-electron chi connectivity index (χ1n) is 13.6. The Hall–Kier alpha value is -3.84.